The highest BCUT2D eigenvalue weighted by Gasteiger charge is 2.24. The average molecular weight is 412 g/mol. The molecule has 1 N–H and O–H groups in total. The number of rotatable bonds is 4. The minimum Gasteiger partial charge on any atom is -0.328 e. The van der Waals surface area contributed by atoms with Crippen LogP contribution in [0.5, 0.6) is 0 Å². The first-order valence-electron chi connectivity index (χ1n) is 7.67. The van der Waals surface area contributed by atoms with Crippen LogP contribution in [0.4, 0.5) is 0 Å². The Balaban J connectivity index is 1.54. The molecule has 1 fully saturated rings. The Labute approximate surface area is 153 Å². The minimum atomic E-state index is 0.163. The Morgan fingerprint density at radius 1 is 1.22 bits per heavy atom. The molecule has 0 aliphatic carbocycles. The number of thiophene rings is 1. The number of quaternary nitrogens is 1. The summed E-state index contributed by atoms with van der Waals surface area (Å²) >= 11 is 7.02. The number of halogens is 1. The van der Waals surface area contributed by atoms with Gasteiger partial charge in [-0.25, -0.2) is 0 Å². The lowest BCUT2D eigenvalue weighted by Crippen LogP contribution is -3.13. The molecular weight excluding hydrogens is 392 g/mol. The van der Waals surface area contributed by atoms with Crippen molar-refractivity contribution in [1.29, 1.82) is 0 Å². The quantitative estimate of drug-likeness (QED) is 0.782. The third-order valence-corrected chi connectivity index (χ3v) is 6.52. The third kappa shape index (κ3) is 4.38. The number of piperazine rings is 1. The summed E-state index contributed by atoms with van der Waals surface area (Å²) in [4.78, 5) is 18.7. The van der Waals surface area contributed by atoms with Gasteiger partial charge in [0.15, 0.2) is 0 Å². The molecule has 0 radical (unpaired) electrons. The topological polar surface area (TPSA) is 24.8 Å². The van der Waals surface area contributed by atoms with E-state index < -0.39 is 0 Å². The molecule has 2 aromatic rings. The van der Waals surface area contributed by atoms with E-state index in [9.17, 15) is 4.79 Å². The molecule has 23 heavy (non-hydrogen) atoms. The molecule has 0 atom stereocenters. The van der Waals surface area contributed by atoms with Crippen LogP contribution in [-0.2, 0) is 6.54 Å². The molecule has 2 heterocycles. The van der Waals surface area contributed by atoms with Crippen molar-refractivity contribution in [3.63, 3.8) is 0 Å². The largest absolute Gasteiger partial charge is 0.328 e. The van der Waals surface area contributed by atoms with Gasteiger partial charge in [-0.1, -0.05) is 0 Å². The fourth-order valence-electron chi connectivity index (χ4n) is 2.81. The van der Waals surface area contributed by atoms with Crippen molar-refractivity contribution < 1.29 is 9.69 Å². The normalized spacial score (nSPS) is 15.8. The molecule has 1 saturated heterocycles. The summed E-state index contributed by atoms with van der Waals surface area (Å²) < 4.78 is 1.19. The summed E-state index contributed by atoms with van der Waals surface area (Å²) in [6.45, 7) is 4.77. The molecule has 3 nitrogen and oxygen atoms in total. The van der Waals surface area contributed by atoms with E-state index in [2.05, 4.69) is 28.1 Å². The number of nitrogens with zero attached hydrogens (tertiary/aromatic N) is 1. The Morgan fingerprint density at radius 3 is 2.48 bits per heavy atom. The van der Waals surface area contributed by atoms with E-state index in [1.54, 1.807) is 28.0 Å². The number of thioether (sulfide) groups is 1. The van der Waals surface area contributed by atoms with E-state index in [0.717, 1.165) is 38.3 Å². The first-order chi connectivity index (χ1) is 11.2. The van der Waals surface area contributed by atoms with Crippen LogP contribution in [0, 0.1) is 0 Å². The Bertz CT molecular complexity index is 663. The monoisotopic (exact) mass is 411 g/mol. The molecular formula is C17H20BrN2OS2+. The van der Waals surface area contributed by atoms with Crippen LogP contribution < -0.4 is 4.90 Å². The summed E-state index contributed by atoms with van der Waals surface area (Å²) in [6.07, 6.45) is 2.05. The van der Waals surface area contributed by atoms with E-state index >= 15 is 0 Å². The number of benzene rings is 1. The lowest BCUT2D eigenvalue weighted by Gasteiger charge is -2.32. The van der Waals surface area contributed by atoms with Gasteiger partial charge in [0.2, 0.25) is 0 Å². The maximum absolute atomic E-state index is 12.6. The molecule has 0 bridgehead atoms. The smallest absolute Gasteiger partial charge is 0.254 e. The highest BCUT2D eigenvalue weighted by Crippen LogP contribution is 2.21. The Morgan fingerprint density at radius 2 is 1.91 bits per heavy atom. The fourth-order valence-corrected chi connectivity index (χ4v) is 4.78. The number of nitrogens with one attached hydrogen (secondary N) is 1. The zero-order valence-electron chi connectivity index (χ0n) is 13.0. The van der Waals surface area contributed by atoms with Crippen LogP contribution in [0.25, 0.3) is 0 Å². The highest BCUT2D eigenvalue weighted by atomic mass is 79.9. The lowest BCUT2D eigenvalue weighted by atomic mass is 10.2. The number of hydrogen-bond donors (Lipinski definition) is 1. The maximum atomic E-state index is 12.6. The standard InChI is InChI=1S/C17H19BrN2OS2/c1-22-14-4-2-13(3-5-14)17(21)20-10-8-19(9-11-20)12-15-6-7-16(18)23-15/h2-7H,8-12H2,1H3/p+1. The second-order valence-corrected chi connectivity index (χ2v) is 9.08. The van der Waals surface area contributed by atoms with E-state index in [-0.39, 0.29) is 5.91 Å². The van der Waals surface area contributed by atoms with Crippen molar-refractivity contribution in [2.24, 2.45) is 0 Å². The molecule has 3 rings (SSSR count). The van der Waals surface area contributed by atoms with Gasteiger partial charge in [-0.05, 0) is 58.6 Å². The van der Waals surface area contributed by atoms with Gasteiger partial charge in [0, 0.05) is 10.5 Å². The molecule has 6 heteroatoms. The number of hydrogen-bond acceptors (Lipinski definition) is 3. The van der Waals surface area contributed by atoms with Crippen molar-refractivity contribution in [3.8, 4) is 0 Å². The van der Waals surface area contributed by atoms with Gasteiger partial charge in [0.1, 0.15) is 6.54 Å². The van der Waals surface area contributed by atoms with Crippen molar-refractivity contribution in [1.82, 2.24) is 4.90 Å². The van der Waals surface area contributed by atoms with E-state index in [4.69, 9.17) is 0 Å². The van der Waals surface area contributed by atoms with E-state index in [1.807, 2.05) is 35.4 Å². The zero-order valence-corrected chi connectivity index (χ0v) is 16.3. The lowest BCUT2D eigenvalue weighted by molar-refractivity contribution is -0.917. The molecule has 0 spiro atoms. The molecule has 122 valence electrons. The molecule has 1 aliphatic heterocycles. The second-order valence-electron chi connectivity index (χ2n) is 5.65. The minimum absolute atomic E-state index is 0.163. The summed E-state index contributed by atoms with van der Waals surface area (Å²) in [7, 11) is 0. The number of amides is 1. The van der Waals surface area contributed by atoms with Crippen LogP contribution >= 0.6 is 39.0 Å². The fraction of sp³-hybridized carbons (Fsp3) is 0.353. The average Bonchev–Trinajstić information content (AvgIpc) is 3.00. The Kier molecular flexibility index (Phi) is 5.80. The van der Waals surface area contributed by atoms with Crippen LogP contribution in [0.1, 0.15) is 15.2 Å². The number of carbonyl (C=O) groups is 1. The molecule has 1 aliphatic rings. The van der Waals surface area contributed by atoms with Crippen LogP contribution in [0.15, 0.2) is 45.1 Å². The SMILES string of the molecule is CSc1ccc(C(=O)N2CC[NH+](Cc3ccc(Br)s3)CC2)cc1. The summed E-state index contributed by atoms with van der Waals surface area (Å²) in [6, 6.07) is 12.2. The third-order valence-electron chi connectivity index (χ3n) is 4.15. The predicted molar refractivity (Wildman–Crippen MR) is 101 cm³/mol. The van der Waals surface area contributed by atoms with Crippen LogP contribution in [0.2, 0.25) is 0 Å². The first-order valence-corrected chi connectivity index (χ1v) is 10.5. The number of carbonyl (C=O) groups excluding carboxylic acids is 1. The van der Waals surface area contributed by atoms with Gasteiger partial charge in [-0.2, -0.15) is 0 Å². The van der Waals surface area contributed by atoms with E-state index in [1.165, 1.54) is 13.6 Å². The van der Waals surface area contributed by atoms with Gasteiger partial charge in [0.25, 0.3) is 5.91 Å². The van der Waals surface area contributed by atoms with Gasteiger partial charge in [0.05, 0.1) is 34.8 Å². The molecule has 1 aromatic carbocycles. The molecule has 1 aromatic heterocycles. The maximum Gasteiger partial charge on any atom is 0.254 e. The molecule has 0 unspecified atom stereocenters. The van der Waals surface area contributed by atoms with Crippen LogP contribution in [-0.4, -0.2) is 43.2 Å². The second kappa shape index (κ2) is 7.83. The van der Waals surface area contributed by atoms with Crippen molar-refractivity contribution >= 4 is 44.9 Å². The van der Waals surface area contributed by atoms with Gasteiger partial charge in [-0.3, -0.25) is 4.79 Å². The van der Waals surface area contributed by atoms with Crippen LogP contribution in [0.3, 0.4) is 0 Å². The predicted octanol–water partition coefficient (Wildman–Crippen LogP) is 2.77. The van der Waals surface area contributed by atoms with E-state index in [0.29, 0.717) is 0 Å². The first kappa shape index (κ1) is 17.0. The summed E-state index contributed by atoms with van der Waals surface area (Å²) in [5, 5.41) is 0. The summed E-state index contributed by atoms with van der Waals surface area (Å²) in [5.41, 5.74) is 0.799. The highest BCUT2D eigenvalue weighted by molar-refractivity contribution is 9.11. The summed E-state index contributed by atoms with van der Waals surface area (Å²) in [5.74, 6) is 0.163. The zero-order chi connectivity index (χ0) is 16.2. The van der Waals surface area contributed by atoms with Crippen molar-refractivity contribution in [2.45, 2.75) is 11.4 Å². The Hall–Kier alpha value is -0.820. The molecule has 0 saturated carbocycles. The molecule has 1 amide bonds. The van der Waals surface area contributed by atoms with Gasteiger partial charge >= 0.3 is 0 Å². The van der Waals surface area contributed by atoms with Gasteiger partial charge in [-0.15, -0.1) is 23.1 Å². The van der Waals surface area contributed by atoms with Crippen molar-refractivity contribution in [3.05, 3.63) is 50.6 Å². The van der Waals surface area contributed by atoms with Crippen molar-refractivity contribution in [2.75, 3.05) is 32.4 Å². The van der Waals surface area contributed by atoms with Gasteiger partial charge < -0.3 is 9.80 Å².